The molecule has 0 spiro atoms. The van der Waals surface area contributed by atoms with Crippen molar-refractivity contribution in [2.24, 2.45) is 0 Å². The summed E-state index contributed by atoms with van der Waals surface area (Å²) in [5.74, 6) is 0.785. The largest absolute Gasteiger partial charge is 0.363 e. The summed E-state index contributed by atoms with van der Waals surface area (Å²) < 4.78 is 0. The molecule has 2 N–H and O–H groups in total. The molecule has 2 aromatic rings. The first-order valence-electron chi connectivity index (χ1n) is 10.4. The van der Waals surface area contributed by atoms with Gasteiger partial charge in [-0.05, 0) is 49.9 Å². The first kappa shape index (κ1) is 19.8. The Labute approximate surface area is 175 Å². The van der Waals surface area contributed by atoms with Crippen LogP contribution in [-0.2, 0) is 19.4 Å². The van der Waals surface area contributed by atoms with Gasteiger partial charge in [0.25, 0.3) is 5.56 Å². The number of thiocarbonyl (C=S) groups is 1. The van der Waals surface area contributed by atoms with E-state index in [2.05, 4.69) is 27.0 Å². The second-order valence-electron chi connectivity index (χ2n) is 7.75. The van der Waals surface area contributed by atoms with Gasteiger partial charge in [0, 0.05) is 37.6 Å². The number of H-pyrrole nitrogens is 1. The predicted molar refractivity (Wildman–Crippen MR) is 119 cm³/mol. The second kappa shape index (κ2) is 8.88. The Morgan fingerprint density at radius 3 is 2.82 bits per heavy atom. The Morgan fingerprint density at radius 1 is 1.25 bits per heavy atom. The highest BCUT2D eigenvalue weighted by Gasteiger charge is 2.22. The standard InChI is InChI=1S/C20H29N5OS2/c1-2-3-8-21-20(27)25-11-9-24(10-12-25)13-16-22-18(26)17-14-6-4-5-7-15(14)28-19(17)23-16/h2-13H2,1H3,(H,21,27)(H,22,23,26). The fourth-order valence-electron chi connectivity index (χ4n) is 4.09. The average molecular weight is 420 g/mol. The van der Waals surface area contributed by atoms with Gasteiger partial charge >= 0.3 is 0 Å². The highest BCUT2D eigenvalue weighted by molar-refractivity contribution is 7.80. The summed E-state index contributed by atoms with van der Waals surface area (Å²) in [5, 5.41) is 5.06. The average Bonchev–Trinajstić information content (AvgIpc) is 3.07. The number of aromatic nitrogens is 2. The molecule has 6 nitrogen and oxygen atoms in total. The van der Waals surface area contributed by atoms with Crippen LogP contribution in [-0.4, -0.2) is 57.6 Å². The first-order valence-corrected chi connectivity index (χ1v) is 11.7. The number of hydrogen-bond acceptors (Lipinski definition) is 5. The molecule has 0 saturated carbocycles. The summed E-state index contributed by atoms with van der Waals surface area (Å²) in [6, 6.07) is 0. The van der Waals surface area contributed by atoms with Gasteiger partial charge in [-0.1, -0.05) is 13.3 Å². The number of unbranched alkanes of at least 4 members (excludes halogenated alkanes) is 1. The fourth-order valence-corrected chi connectivity index (χ4v) is 5.65. The van der Waals surface area contributed by atoms with Crippen LogP contribution >= 0.6 is 23.6 Å². The molecular formula is C20H29N5OS2. The SMILES string of the molecule is CCCCNC(=S)N1CCN(Cc2nc3sc4c(c3c(=O)[nH]2)CCCC4)CC1. The molecular weight excluding hydrogens is 390 g/mol. The lowest BCUT2D eigenvalue weighted by Gasteiger charge is -2.35. The summed E-state index contributed by atoms with van der Waals surface area (Å²) in [5.41, 5.74) is 1.29. The van der Waals surface area contributed by atoms with E-state index >= 15 is 0 Å². The minimum Gasteiger partial charge on any atom is -0.363 e. The van der Waals surface area contributed by atoms with Crippen LogP contribution in [0.3, 0.4) is 0 Å². The van der Waals surface area contributed by atoms with Crippen molar-refractivity contribution in [2.75, 3.05) is 32.7 Å². The highest BCUT2D eigenvalue weighted by atomic mass is 32.1. The Balaban J connectivity index is 1.38. The zero-order chi connectivity index (χ0) is 19.5. The van der Waals surface area contributed by atoms with Crippen LogP contribution in [0.15, 0.2) is 4.79 Å². The molecule has 8 heteroatoms. The van der Waals surface area contributed by atoms with Crippen molar-refractivity contribution in [3.63, 3.8) is 0 Å². The predicted octanol–water partition coefficient (Wildman–Crippen LogP) is 2.66. The van der Waals surface area contributed by atoms with Gasteiger partial charge in [0.05, 0.1) is 11.9 Å². The van der Waals surface area contributed by atoms with Gasteiger partial charge < -0.3 is 15.2 Å². The molecule has 0 atom stereocenters. The lowest BCUT2D eigenvalue weighted by molar-refractivity contribution is 0.171. The molecule has 0 bridgehead atoms. The number of aromatic amines is 1. The molecule has 1 aliphatic carbocycles. The maximum Gasteiger partial charge on any atom is 0.259 e. The van der Waals surface area contributed by atoms with E-state index in [0.29, 0.717) is 6.54 Å². The maximum absolute atomic E-state index is 12.7. The second-order valence-corrected chi connectivity index (χ2v) is 9.22. The maximum atomic E-state index is 12.7. The molecule has 3 heterocycles. The quantitative estimate of drug-likeness (QED) is 0.574. The number of hydrogen-bond donors (Lipinski definition) is 2. The van der Waals surface area contributed by atoms with Crippen LogP contribution in [0.4, 0.5) is 0 Å². The van der Waals surface area contributed by atoms with Crippen LogP contribution in [0.25, 0.3) is 10.2 Å². The van der Waals surface area contributed by atoms with Gasteiger partial charge in [0.1, 0.15) is 10.7 Å². The van der Waals surface area contributed by atoms with Gasteiger partial charge in [-0.15, -0.1) is 11.3 Å². The Bertz CT molecular complexity index is 898. The van der Waals surface area contributed by atoms with Gasteiger partial charge in [-0.3, -0.25) is 9.69 Å². The summed E-state index contributed by atoms with van der Waals surface area (Å²) in [6.07, 6.45) is 6.84. The summed E-state index contributed by atoms with van der Waals surface area (Å²) >= 11 is 7.23. The molecule has 0 amide bonds. The van der Waals surface area contributed by atoms with Crippen LogP contribution in [0.1, 0.15) is 48.9 Å². The topological polar surface area (TPSA) is 64.3 Å². The van der Waals surface area contributed by atoms with Crippen LogP contribution < -0.4 is 10.9 Å². The van der Waals surface area contributed by atoms with Crippen molar-refractivity contribution < 1.29 is 0 Å². The van der Waals surface area contributed by atoms with Crippen LogP contribution in [0.5, 0.6) is 0 Å². The van der Waals surface area contributed by atoms with E-state index in [1.54, 1.807) is 11.3 Å². The normalized spacial score (nSPS) is 17.7. The van der Waals surface area contributed by atoms with Crippen molar-refractivity contribution in [1.29, 1.82) is 0 Å². The number of rotatable bonds is 5. The number of nitrogens with one attached hydrogen (secondary N) is 2. The lowest BCUT2D eigenvalue weighted by atomic mass is 9.97. The van der Waals surface area contributed by atoms with Crippen molar-refractivity contribution in [2.45, 2.75) is 52.0 Å². The number of thiophene rings is 1. The van der Waals surface area contributed by atoms with E-state index in [1.165, 1.54) is 29.7 Å². The molecule has 1 fully saturated rings. The molecule has 2 aliphatic rings. The summed E-state index contributed by atoms with van der Waals surface area (Å²) in [7, 11) is 0. The molecule has 4 rings (SSSR count). The zero-order valence-electron chi connectivity index (χ0n) is 16.6. The molecule has 1 saturated heterocycles. The first-order chi connectivity index (χ1) is 13.7. The summed E-state index contributed by atoms with van der Waals surface area (Å²) in [4.78, 5) is 27.4. The van der Waals surface area contributed by atoms with E-state index in [1.807, 2.05) is 0 Å². The van der Waals surface area contributed by atoms with Crippen LogP contribution in [0, 0.1) is 0 Å². The van der Waals surface area contributed by atoms with E-state index in [4.69, 9.17) is 17.2 Å². The molecule has 0 unspecified atom stereocenters. The van der Waals surface area contributed by atoms with Gasteiger partial charge in [-0.2, -0.15) is 0 Å². The van der Waals surface area contributed by atoms with Crippen molar-refractivity contribution in [1.82, 2.24) is 25.1 Å². The zero-order valence-corrected chi connectivity index (χ0v) is 18.2. The van der Waals surface area contributed by atoms with E-state index in [0.717, 1.165) is 73.1 Å². The number of nitrogens with zero attached hydrogens (tertiary/aromatic N) is 3. The Hall–Kier alpha value is -1.51. The third-order valence-electron chi connectivity index (χ3n) is 5.71. The molecule has 1 aliphatic heterocycles. The highest BCUT2D eigenvalue weighted by Crippen LogP contribution is 2.33. The number of fused-ring (bicyclic) bond motifs is 3. The van der Waals surface area contributed by atoms with Crippen LogP contribution in [0.2, 0.25) is 0 Å². The van der Waals surface area contributed by atoms with E-state index in [9.17, 15) is 4.79 Å². The minimum absolute atomic E-state index is 0.0411. The van der Waals surface area contributed by atoms with Crippen molar-refractivity contribution in [3.05, 3.63) is 26.6 Å². The van der Waals surface area contributed by atoms with Gasteiger partial charge in [0.2, 0.25) is 0 Å². The number of aryl methyl sites for hydroxylation is 2. The molecule has 0 aromatic carbocycles. The Kier molecular flexibility index (Phi) is 6.28. The fraction of sp³-hybridized carbons (Fsp3) is 0.650. The number of piperazine rings is 1. The molecule has 2 aromatic heterocycles. The summed E-state index contributed by atoms with van der Waals surface area (Å²) in [6.45, 7) is 7.51. The molecule has 28 heavy (non-hydrogen) atoms. The lowest BCUT2D eigenvalue weighted by Crippen LogP contribution is -2.51. The van der Waals surface area contributed by atoms with Gasteiger partial charge in [-0.25, -0.2) is 4.98 Å². The monoisotopic (exact) mass is 419 g/mol. The van der Waals surface area contributed by atoms with E-state index in [-0.39, 0.29) is 5.56 Å². The van der Waals surface area contributed by atoms with E-state index < -0.39 is 0 Å². The third-order valence-corrected chi connectivity index (χ3v) is 7.30. The molecule has 152 valence electrons. The Morgan fingerprint density at radius 2 is 2.04 bits per heavy atom. The minimum atomic E-state index is 0.0411. The third kappa shape index (κ3) is 4.23. The molecule has 0 radical (unpaired) electrons. The van der Waals surface area contributed by atoms with Crippen molar-refractivity contribution >= 4 is 38.9 Å². The smallest absolute Gasteiger partial charge is 0.259 e. The van der Waals surface area contributed by atoms with Crippen molar-refractivity contribution in [3.8, 4) is 0 Å². The van der Waals surface area contributed by atoms with Gasteiger partial charge in [0.15, 0.2) is 5.11 Å².